The minimum absolute atomic E-state index is 0.965. The zero-order valence-electron chi connectivity index (χ0n) is 7.25. The quantitative estimate of drug-likeness (QED) is 0.539. The van der Waals surface area contributed by atoms with Crippen molar-refractivity contribution < 1.29 is 0 Å². The van der Waals surface area contributed by atoms with E-state index in [-0.39, 0.29) is 0 Å². The summed E-state index contributed by atoms with van der Waals surface area (Å²) in [6.07, 6.45) is 5.99. The number of rotatable bonds is 7. The lowest BCUT2D eigenvalue weighted by Gasteiger charge is -2.17. The van der Waals surface area contributed by atoms with E-state index in [4.69, 9.17) is 0 Å². The predicted octanol–water partition coefficient (Wildman–Crippen LogP) is 2.02. The summed E-state index contributed by atoms with van der Waals surface area (Å²) in [5.41, 5.74) is 0. The van der Waals surface area contributed by atoms with Gasteiger partial charge in [0.25, 0.3) is 0 Å². The Morgan fingerprint density at radius 3 is 2.18 bits per heavy atom. The van der Waals surface area contributed by atoms with E-state index in [0.717, 1.165) is 19.6 Å². The molecule has 0 spiro atoms. The van der Waals surface area contributed by atoms with Crippen molar-refractivity contribution >= 4 is 11.8 Å². The summed E-state index contributed by atoms with van der Waals surface area (Å²) in [5.74, 6) is 1.18. The number of nitrogens with zero attached hydrogens (tertiary/aromatic N) is 1. The normalized spacial score (nSPS) is 10.0. The summed E-state index contributed by atoms with van der Waals surface area (Å²) in [5, 5.41) is 0. The second-order valence-corrected chi connectivity index (χ2v) is 3.32. The fourth-order valence-corrected chi connectivity index (χ4v) is 1.28. The first kappa shape index (κ1) is 10.8. The molecule has 0 bridgehead atoms. The minimum Gasteiger partial charge on any atom is -0.295 e. The molecule has 0 aromatic heterocycles. The third-order valence-electron chi connectivity index (χ3n) is 1.39. The summed E-state index contributed by atoms with van der Waals surface area (Å²) in [7, 11) is 0. The molecule has 0 aromatic rings. The molecule has 0 fully saturated rings. The fraction of sp³-hybridized carbons (Fsp3) is 0.556. The molecule has 0 heterocycles. The van der Waals surface area contributed by atoms with Gasteiger partial charge in [-0.25, -0.2) is 0 Å². The molecule has 0 saturated carbocycles. The van der Waals surface area contributed by atoms with E-state index >= 15 is 0 Å². The Balaban J connectivity index is 3.49. The molecule has 0 aliphatic heterocycles. The van der Waals surface area contributed by atoms with Gasteiger partial charge < -0.3 is 0 Å². The Bertz CT molecular complexity index is 102. The van der Waals surface area contributed by atoms with Gasteiger partial charge in [0.2, 0.25) is 0 Å². The van der Waals surface area contributed by atoms with E-state index in [1.807, 2.05) is 23.9 Å². The summed E-state index contributed by atoms with van der Waals surface area (Å²) in [6, 6.07) is 0. The first-order valence-corrected chi connectivity index (χ1v) is 5.17. The van der Waals surface area contributed by atoms with Crippen molar-refractivity contribution in [2.75, 3.05) is 31.6 Å². The molecule has 11 heavy (non-hydrogen) atoms. The van der Waals surface area contributed by atoms with Crippen LogP contribution in [0.5, 0.6) is 0 Å². The highest BCUT2D eigenvalue weighted by Crippen LogP contribution is 1.95. The molecule has 64 valence electrons. The van der Waals surface area contributed by atoms with Gasteiger partial charge in [0.15, 0.2) is 0 Å². The van der Waals surface area contributed by atoms with Crippen LogP contribution in [0.3, 0.4) is 0 Å². The van der Waals surface area contributed by atoms with Crippen LogP contribution in [-0.2, 0) is 0 Å². The Morgan fingerprint density at radius 2 is 1.82 bits per heavy atom. The predicted molar refractivity (Wildman–Crippen MR) is 55.2 cm³/mol. The molecule has 0 aliphatic carbocycles. The maximum Gasteiger partial charge on any atom is 0.0164 e. The van der Waals surface area contributed by atoms with Crippen LogP contribution in [-0.4, -0.2) is 36.5 Å². The van der Waals surface area contributed by atoms with E-state index in [1.165, 1.54) is 5.75 Å². The molecule has 0 rings (SSSR count). The topological polar surface area (TPSA) is 3.24 Å². The lowest BCUT2D eigenvalue weighted by molar-refractivity contribution is 0.358. The van der Waals surface area contributed by atoms with Gasteiger partial charge in [0.05, 0.1) is 0 Å². The molecule has 0 atom stereocenters. The molecule has 2 heteroatoms. The van der Waals surface area contributed by atoms with Gasteiger partial charge in [0.1, 0.15) is 0 Å². The van der Waals surface area contributed by atoms with E-state index in [0.29, 0.717) is 0 Å². The highest BCUT2D eigenvalue weighted by molar-refractivity contribution is 7.98. The van der Waals surface area contributed by atoms with Crippen LogP contribution in [0.4, 0.5) is 0 Å². The molecule has 0 amide bonds. The Kier molecular flexibility index (Phi) is 7.74. The second-order valence-electron chi connectivity index (χ2n) is 2.33. The Morgan fingerprint density at radius 1 is 1.27 bits per heavy atom. The zero-order chi connectivity index (χ0) is 8.53. The molecule has 0 radical (unpaired) electrons. The Hall–Kier alpha value is -0.210. The van der Waals surface area contributed by atoms with Crippen molar-refractivity contribution in [3.8, 4) is 0 Å². The standard InChI is InChI=1S/C9H17NS/c1-4-6-10(7-5-2)8-9-11-3/h4-5H,1-2,6-9H2,3H3. The van der Waals surface area contributed by atoms with Crippen LogP contribution in [0.1, 0.15) is 0 Å². The number of thioether (sulfide) groups is 1. The van der Waals surface area contributed by atoms with Crippen LogP contribution in [0.25, 0.3) is 0 Å². The molecule has 0 unspecified atom stereocenters. The van der Waals surface area contributed by atoms with Crippen molar-refractivity contribution in [2.45, 2.75) is 0 Å². The monoisotopic (exact) mass is 171 g/mol. The molecule has 0 aromatic carbocycles. The highest BCUT2D eigenvalue weighted by atomic mass is 32.2. The number of hydrogen-bond donors (Lipinski definition) is 0. The highest BCUT2D eigenvalue weighted by Gasteiger charge is 1.97. The van der Waals surface area contributed by atoms with E-state index in [1.54, 1.807) is 0 Å². The van der Waals surface area contributed by atoms with Crippen LogP contribution < -0.4 is 0 Å². The van der Waals surface area contributed by atoms with Crippen molar-refractivity contribution in [1.29, 1.82) is 0 Å². The van der Waals surface area contributed by atoms with E-state index in [9.17, 15) is 0 Å². The molecule has 1 nitrogen and oxygen atoms in total. The Labute approximate surface area is 74.2 Å². The first-order chi connectivity index (χ1) is 5.35. The van der Waals surface area contributed by atoms with Crippen LogP contribution >= 0.6 is 11.8 Å². The smallest absolute Gasteiger partial charge is 0.0164 e. The summed E-state index contributed by atoms with van der Waals surface area (Å²) < 4.78 is 0. The third kappa shape index (κ3) is 6.20. The number of hydrogen-bond acceptors (Lipinski definition) is 2. The lowest BCUT2D eigenvalue weighted by atomic mass is 10.4. The maximum absolute atomic E-state index is 3.71. The second kappa shape index (κ2) is 7.89. The molecule has 0 saturated heterocycles. The van der Waals surface area contributed by atoms with Crippen molar-refractivity contribution in [3.05, 3.63) is 25.3 Å². The molecule has 0 N–H and O–H groups in total. The SMILES string of the molecule is C=CCN(CC=C)CCSC. The zero-order valence-corrected chi connectivity index (χ0v) is 8.07. The van der Waals surface area contributed by atoms with Gasteiger partial charge >= 0.3 is 0 Å². The summed E-state index contributed by atoms with van der Waals surface area (Å²) in [4.78, 5) is 2.32. The van der Waals surface area contributed by atoms with E-state index < -0.39 is 0 Å². The van der Waals surface area contributed by atoms with Gasteiger partial charge in [-0.15, -0.1) is 13.2 Å². The summed E-state index contributed by atoms with van der Waals surface area (Å²) >= 11 is 1.87. The van der Waals surface area contributed by atoms with Gasteiger partial charge in [0, 0.05) is 25.4 Å². The largest absolute Gasteiger partial charge is 0.295 e. The summed E-state index contributed by atoms with van der Waals surface area (Å²) in [6.45, 7) is 10.5. The molecular formula is C9H17NS. The average molecular weight is 171 g/mol. The van der Waals surface area contributed by atoms with Crippen molar-refractivity contribution in [1.82, 2.24) is 4.90 Å². The van der Waals surface area contributed by atoms with Gasteiger partial charge in [-0.2, -0.15) is 11.8 Å². The van der Waals surface area contributed by atoms with E-state index in [2.05, 4.69) is 24.3 Å². The maximum atomic E-state index is 3.71. The average Bonchev–Trinajstić information content (AvgIpc) is 2.01. The third-order valence-corrected chi connectivity index (χ3v) is 1.98. The fourth-order valence-electron chi connectivity index (χ4n) is 0.843. The van der Waals surface area contributed by atoms with Gasteiger partial charge in [-0.1, -0.05) is 12.2 Å². The minimum atomic E-state index is 0.965. The molecular weight excluding hydrogens is 154 g/mol. The van der Waals surface area contributed by atoms with Crippen LogP contribution in [0.2, 0.25) is 0 Å². The van der Waals surface area contributed by atoms with Crippen molar-refractivity contribution in [3.63, 3.8) is 0 Å². The molecule has 0 aliphatic rings. The van der Waals surface area contributed by atoms with Gasteiger partial charge in [-0.05, 0) is 6.26 Å². The first-order valence-electron chi connectivity index (χ1n) is 3.78. The van der Waals surface area contributed by atoms with Crippen LogP contribution in [0.15, 0.2) is 25.3 Å². The lowest BCUT2D eigenvalue weighted by Crippen LogP contribution is -2.26. The van der Waals surface area contributed by atoms with Crippen molar-refractivity contribution in [2.24, 2.45) is 0 Å². The van der Waals surface area contributed by atoms with Gasteiger partial charge in [-0.3, -0.25) is 4.90 Å². The van der Waals surface area contributed by atoms with Crippen LogP contribution in [0, 0.1) is 0 Å².